The third kappa shape index (κ3) is 2.37. The summed E-state index contributed by atoms with van der Waals surface area (Å²) in [6.07, 6.45) is 8.23. The molecule has 0 radical (unpaired) electrons. The third-order valence-corrected chi connectivity index (χ3v) is 2.02. The van der Waals surface area contributed by atoms with Gasteiger partial charge in [-0.2, -0.15) is 0 Å². The van der Waals surface area contributed by atoms with Gasteiger partial charge in [-0.3, -0.25) is 0 Å². The fourth-order valence-electron chi connectivity index (χ4n) is 1.31. The Balaban J connectivity index is 2.65. The van der Waals surface area contributed by atoms with Crippen molar-refractivity contribution in [1.82, 2.24) is 0 Å². The number of furan rings is 1. The van der Waals surface area contributed by atoms with E-state index < -0.39 is 6.10 Å². The van der Waals surface area contributed by atoms with Crippen LogP contribution < -0.4 is 0 Å². The lowest BCUT2D eigenvalue weighted by molar-refractivity contribution is 0.167. The molecule has 0 spiro atoms. The first kappa shape index (κ1) is 9.88. The summed E-state index contributed by atoms with van der Waals surface area (Å²) in [6.45, 7) is 2.00. The first-order chi connectivity index (χ1) is 6.29. The van der Waals surface area contributed by atoms with Gasteiger partial charge in [-0.25, -0.2) is 0 Å². The molecule has 1 heterocycles. The van der Waals surface area contributed by atoms with Crippen LogP contribution in [0.25, 0.3) is 0 Å². The molecule has 70 valence electrons. The fourth-order valence-corrected chi connectivity index (χ4v) is 1.31. The van der Waals surface area contributed by atoms with E-state index in [-0.39, 0.29) is 0 Å². The molecular weight excluding hydrogens is 164 g/mol. The molecular formula is C11H14O2. The smallest absolute Gasteiger partial charge is 0.109 e. The number of terminal acetylenes is 1. The summed E-state index contributed by atoms with van der Waals surface area (Å²) in [5, 5.41) is 9.70. The molecule has 0 aliphatic heterocycles. The van der Waals surface area contributed by atoms with Gasteiger partial charge >= 0.3 is 0 Å². The monoisotopic (exact) mass is 178 g/mol. The highest BCUT2D eigenvalue weighted by molar-refractivity contribution is 5.19. The second-order valence-corrected chi connectivity index (χ2v) is 2.91. The summed E-state index contributed by atoms with van der Waals surface area (Å²) in [5.41, 5.74) is 0.873. The standard InChI is InChI=1S/C11H14O2/c1-3-5-6-10(12)9-7-8-13-11(9)4-2/h1,7-8,10,12H,4-6H2,2H3. The van der Waals surface area contributed by atoms with Crippen molar-refractivity contribution in [3.63, 3.8) is 0 Å². The maximum Gasteiger partial charge on any atom is 0.109 e. The van der Waals surface area contributed by atoms with Crippen molar-refractivity contribution < 1.29 is 9.52 Å². The Bertz CT molecular complexity index is 293. The lowest BCUT2D eigenvalue weighted by Gasteiger charge is -2.07. The summed E-state index contributed by atoms with van der Waals surface area (Å²) in [4.78, 5) is 0. The highest BCUT2D eigenvalue weighted by Crippen LogP contribution is 2.23. The zero-order valence-corrected chi connectivity index (χ0v) is 7.79. The van der Waals surface area contributed by atoms with Crippen LogP contribution >= 0.6 is 0 Å². The third-order valence-electron chi connectivity index (χ3n) is 2.02. The molecule has 2 nitrogen and oxygen atoms in total. The van der Waals surface area contributed by atoms with E-state index in [2.05, 4.69) is 5.92 Å². The number of aliphatic hydroxyl groups excluding tert-OH is 1. The molecule has 1 rings (SSSR count). The molecule has 0 saturated heterocycles. The van der Waals surface area contributed by atoms with Gasteiger partial charge < -0.3 is 9.52 Å². The normalized spacial score (nSPS) is 12.4. The molecule has 0 fully saturated rings. The molecule has 0 aliphatic carbocycles. The number of rotatable bonds is 4. The van der Waals surface area contributed by atoms with E-state index in [0.717, 1.165) is 17.7 Å². The lowest BCUT2D eigenvalue weighted by Crippen LogP contribution is -1.98. The van der Waals surface area contributed by atoms with Gasteiger partial charge in [-0.1, -0.05) is 6.92 Å². The Hall–Kier alpha value is -1.20. The van der Waals surface area contributed by atoms with Gasteiger partial charge in [0.15, 0.2) is 0 Å². The quantitative estimate of drug-likeness (QED) is 0.717. The molecule has 2 heteroatoms. The average Bonchev–Trinajstić information content (AvgIpc) is 2.61. The molecule has 1 atom stereocenters. The van der Waals surface area contributed by atoms with E-state index in [1.54, 1.807) is 12.3 Å². The second-order valence-electron chi connectivity index (χ2n) is 2.91. The molecule has 0 amide bonds. The lowest BCUT2D eigenvalue weighted by atomic mass is 10.0. The minimum atomic E-state index is -0.482. The van der Waals surface area contributed by atoms with E-state index in [9.17, 15) is 5.11 Å². The highest BCUT2D eigenvalue weighted by Gasteiger charge is 2.12. The van der Waals surface area contributed by atoms with Gasteiger partial charge in [0.1, 0.15) is 5.76 Å². The Kier molecular flexibility index (Phi) is 3.60. The van der Waals surface area contributed by atoms with Gasteiger partial charge in [-0.05, 0) is 12.5 Å². The minimum Gasteiger partial charge on any atom is -0.469 e. The maximum atomic E-state index is 9.70. The van der Waals surface area contributed by atoms with Crippen LogP contribution in [-0.4, -0.2) is 5.11 Å². The Morgan fingerprint density at radius 1 is 1.69 bits per heavy atom. The molecule has 1 aromatic heterocycles. The molecule has 1 aromatic rings. The number of aryl methyl sites for hydroxylation is 1. The summed E-state index contributed by atoms with van der Waals surface area (Å²) in [7, 11) is 0. The van der Waals surface area contributed by atoms with E-state index in [1.807, 2.05) is 6.92 Å². The predicted molar refractivity (Wildman–Crippen MR) is 51.1 cm³/mol. The summed E-state index contributed by atoms with van der Waals surface area (Å²) in [6, 6.07) is 1.81. The first-order valence-corrected chi connectivity index (χ1v) is 4.47. The molecule has 1 N–H and O–H groups in total. The Labute approximate surface area is 78.6 Å². The SMILES string of the molecule is C#CCCC(O)c1ccoc1CC. The van der Waals surface area contributed by atoms with Crippen LogP contribution in [0.1, 0.15) is 37.2 Å². The van der Waals surface area contributed by atoms with Crippen molar-refractivity contribution in [1.29, 1.82) is 0 Å². The van der Waals surface area contributed by atoms with Crippen molar-refractivity contribution in [3.8, 4) is 12.3 Å². The Morgan fingerprint density at radius 2 is 2.46 bits per heavy atom. The van der Waals surface area contributed by atoms with E-state index >= 15 is 0 Å². The van der Waals surface area contributed by atoms with E-state index in [1.165, 1.54) is 0 Å². The summed E-state index contributed by atoms with van der Waals surface area (Å²) >= 11 is 0. The maximum absolute atomic E-state index is 9.70. The van der Waals surface area contributed by atoms with Crippen LogP contribution in [0, 0.1) is 12.3 Å². The molecule has 13 heavy (non-hydrogen) atoms. The van der Waals surface area contributed by atoms with Crippen LogP contribution in [0.3, 0.4) is 0 Å². The van der Waals surface area contributed by atoms with E-state index in [0.29, 0.717) is 12.8 Å². The van der Waals surface area contributed by atoms with Gasteiger partial charge in [0, 0.05) is 18.4 Å². The average molecular weight is 178 g/mol. The van der Waals surface area contributed by atoms with Crippen molar-refractivity contribution in [3.05, 3.63) is 23.7 Å². The number of hydrogen-bond donors (Lipinski definition) is 1. The molecule has 0 saturated carbocycles. The molecule has 0 aromatic carbocycles. The van der Waals surface area contributed by atoms with Gasteiger partial charge in [0.2, 0.25) is 0 Å². The Morgan fingerprint density at radius 3 is 3.08 bits per heavy atom. The van der Waals surface area contributed by atoms with Crippen molar-refractivity contribution in [2.24, 2.45) is 0 Å². The van der Waals surface area contributed by atoms with E-state index in [4.69, 9.17) is 10.8 Å². The van der Waals surface area contributed by atoms with Crippen LogP contribution in [0.15, 0.2) is 16.7 Å². The highest BCUT2D eigenvalue weighted by atomic mass is 16.3. The zero-order valence-electron chi connectivity index (χ0n) is 7.79. The summed E-state index contributed by atoms with van der Waals surface area (Å²) < 4.78 is 5.20. The first-order valence-electron chi connectivity index (χ1n) is 4.47. The molecule has 0 bridgehead atoms. The van der Waals surface area contributed by atoms with Crippen molar-refractivity contribution in [2.75, 3.05) is 0 Å². The topological polar surface area (TPSA) is 33.4 Å². The summed E-state index contributed by atoms with van der Waals surface area (Å²) in [5.74, 6) is 3.36. The van der Waals surface area contributed by atoms with Gasteiger partial charge in [0.25, 0.3) is 0 Å². The largest absolute Gasteiger partial charge is 0.469 e. The predicted octanol–water partition coefficient (Wildman–Crippen LogP) is 2.29. The van der Waals surface area contributed by atoms with Crippen molar-refractivity contribution in [2.45, 2.75) is 32.3 Å². The van der Waals surface area contributed by atoms with Crippen LogP contribution in [0.4, 0.5) is 0 Å². The van der Waals surface area contributed by atoms with Gasteiger partial charge in [0.05, 0.1) is 12.4 Å². The molecule has 0 aliphatic rings. The zero-order chi connectivity index (χ0) is 9.68. The fraction of sp³-hybridized carbons (Fsp3) is 0.455. The minimum absolute atomic E-state index is 0.482. The number of aliphatic hydroxyl groups is 1. The molecule has 1 unspecified atom stereocenters. The van der Waals surface area contributed by atoms with Crippen LogP contribution in [-0.2, 0) is 6.42 Å². The second kappa shape index (κ2) is 4.74. The van der Waals surface area contributed by atoms with Crippen molar-refractivity contribution >= 4 is 0 Å². The number of hydrogen-bond acceptors (Lipinski definition) is 2. The van der Waals surface area contributed by atoms with Gasteiger partial charge in [-0.15, -0.1) is 12.3 Å². The van der Waals surface area contributed by atoms with Crippen LogP contribution in [0.2, 0.25) is 0 Å². The van der Waals surface area contributed by atoms with Crippen LogP contribution in [0.5, 0.6) is 0 Å².